The SMILES string of the molecule is C=CCN1C(=O)C(=Cc2ccc(O)c(OC)c2)C(=O)NC1=S. The third-order valence-electron chi connectivity index (χ3n) is 3.01. The van der Waals surface area contributed by atoms with E-state index < -0.39 is 11.8 Å². The highest BCUT2D eigenvalue weighted by Crippen LogP contribution is 2.27. The number of amides is 2. The Balaban J connectivity index is 2.40. The van der Waals surface area contributed by atoms with Crippen LogP contribution in [0.1, 0.15) is 5.56 Å². The second-order valence-electron chi connectivity index (χ2n) is 4.45. The third kappa shape index (κ3) is 2.99. The maximum Gasteiger partial charge on any atom is 0.265 e. The molecule has 0 radical (unpaired) electrons. The lowest BCUT2D eigenvalue weighted by molar-refractivity contribution is -0.128. The third-order valence-corrected chi connectivity index (χ3v) is 3.33. The Kier molecular flexibility index (Phi) is 4.57. The van der Waals surface area contributed by atoms with Gasteiger partial charge in [0.05, 0.1) is 7.11 Å². The van der Waals surface area contributed by atoms with Gasteiger partial charge in [0.25, 0.3) is 11.8 Å². The van der Waals surface area contributed by atoms with E-state index in [1.165, 1.54) is 36.3 Å². The summed E-state index contributed by atoms with van der Waals surface area (Å²) in [5.41, 5.74) is 0.489. The Labute approximate surface area is 132 Å². The first kappa shape index (κ1) is 15.7. The lowest BCUT2D eigenvalue weighted by Crippen LogP contribution is -2.53. The summed E-state index contributed by atoms with van der Waals surface area (Å²) in [5.74, 6) is -0.849. The number of benzene rings is 1. The topological polar surface area (TPSA) is 78.9 Å². The number of rotatable bonds is 4. The minimum absolute atomic E-state index is 0.0291. The lowest BCUT2D eigenvalue weighted by Gasteiger charge is -2.27. The van der Waals surface area contributed by atoms with Crippen molar-refractivity contribution in [3.05, 3.63) is 42.0 Å². The highest BCUT2D eigenvalue weighted by molar-refractivity contribution is 7.80. The molecule has 6 nitrogen and oxygen atoms in total. The Morgan fingerprint density at radius 3 is 2.82 bits per heavy atom. The van der Waals surface area contributed by atoms with Crippen LogP contribution < -0.4 is 10.1 Å². The molecule has 0 unspecified atom stereocenters. The summed E-state index contributed by atoms with van der Waals surface area (Å²) in [6.45, 7) is 3.76. The Morgan fingerprint density at radius 2 is 2.18 bits per heavy atom. The summed E-state index contributed by atoms with van der Waals surface area (Å²) in [6.07, 6.45) is 2.93. The molecule has 1 fully saturated rings. The van der Waals surface area contributed by atoms with Gasteiger partial charge in [-0.15, -0.1) is 6.58 Å². The highest BCUT2D eigenvalue weighted by Gasteiger charge is 2.32. The van der Waals surface area contributed by atoms with Gasteiger partial charge in [-0.05, 0) is 36.0 Å². The summed E-state index contributed by atoms with van der Waals surface area (Å²) < 4.78 is 5.00. The van der Waals surface area contributed by atoms with E-state index in [4.69, 9.17) is 17.0 Å². The normalized spacial score (nSPS) is 16.7. The van der Waals surface area contributed by atoms with Gasteiger partial charge in [0.2, 0.25) is 0 Å². The van der Waals surface area contributed by atoms with Crippen LogP contribution in [0.15, 0.2) is 36.4 Å². The van der Waals surface area contributed by atoms with Crippen molar-refractivity contribution in [2.24, 2.45) is 0 Å². The molecule has 1 saturated heterocycles. The molecular weight excluding hydrogens is 304 g/mol. The maximum atomic E-state index is 12.3. The number of nitrogens with one attached hydrogen (secondary N) is 1. The molecule has 0 atom stereocenters. The number of ether oxygens (including phenoxy) is 1. The van der Waals surface area contributed by atoms with E-state index in [0.29, 0.717) is 5.56 Å². The minimum atomic E-state index is -0.567. The van der Waals surface area contributed by atoms with Crippen molar-refractivity contribution in [2.75, 3.05) is 13.7 Å². The lowest BCUT2D eigenvalue weighted by atomic mass is 10.1. The maximum absolute atomic E-state index is 12.3. The fourth-order valence-electron chi connectivity index (χ4n) is 1.94. The molecule has 1 aliphatic heterocycles. The van der Waals surface area contributed by atoms with E-state index >= 15 is 0 Å². The number of nitrogens with zero attached hydrogens (tertiary/aromatic N) is 1. The quantitative estimate of drug-likeness (QED) is 0.378. The molecular formula is C15H14N2O4S. The van der Waals surface area contributed by atoms with Crippen LogP contribution >= 0.6 is 12.2 Å². The first-order chi connectivity index (χ1) is 10.5. The predicted molar refractivity (Wildman–Crippen MR) is 85.3 cm³/mol. The number of phenols is 1. The molecule has 7 heteroatoms. The van der Waals surface area contributed by atoms with Crippen LogP contribution in [-0.2, 0) is 9.59 Å². The number of carbonyl (C=O) groups excluding carboxylic acids is 2. The molecule has 2 amide bonds. The molecule has 0 aromatic heterocycles. The van der Waals surface area contributed by atoms with E-state index in [1.54, 1.807) is 6.07 Å². The first-order valence-electron chi connectivity index (χ1n) is 6.34. The molecule has 114 valence electrons. The standard InChI is InChI=1S/C15H14N2O4S/c1-3-6-17-14(20)10(13(19)16-15(17)22)7-9-4-5-11(18)12(8-9)21-2/h3-5,7-8,18H,1,6H2,2H3,(H,16,19,22). The van der Waals surface area contributed by atoms with Gasteiger partial charge in [-0.25, -0.2) is 0 Å². The van der Waals surface area contributed by atoms with Crippen LogP contribution in [0.25, 0.3) is 6.08 Å². The number of thiocarbonyl (C=S) groups is 1. The van der Waals surface area contributed by atoms with Gasteiger partial charge >= 0.3 is 0 Å². The summed E-state index contributed by atoms with van der Waals surface area (Å²) in [6, 6.07) is 4.51. The van der Waals surface area contributed by atoms with Gasteiger partial charge in [-0.1, -0.05) is 12.1 Å². The Bertz CT molecular complexity index is 697. The van der Waals surface area contributed by atoms with Crippen LogP contribution in [0, 0.1) is 0 Å². The van der Waals surface area contributed by atoms with Crippen molar-refractivity contribution in [3.8, 4) is 11.5 Å². The fraction of sp³-hybridized carbons (Fsp3) is 0.133. The van der Waals surface area contributed by atoms with Crippen LogP contribution in [-0.4, -0.2) is 40.6 Å². The molecule has 2 rings (SSSR count). The van der Waals surface area contributed by atoms with Crippen LogP contribution in [0.3, 0.4) is 0 Å². The van der Waals surface area contributed by atoms with E-state index in [2.05, 4.69) is 11.9 Å². The second-order valence-corrected chi connectivity index (χ2v) is 4.84. The zero-order valence-corrected chi connectivity index (χ0v) is 12.6. The Hall–Kier alpha value is -2.67. The van der Waals surface area contributed by atoms with Crippen molar-refractivity contribution in [1.29, 1.82) is 0 Å². The average Bonchev–Trinajstić information content (AvgIpc) is 2.49. The van der Waals surface area contributed by atoms with Gasteiger partial charge in [0.1, 0.15) is 5.57 Å². The van der Waals surface area contributed by atoms with Gasteiger partial charge in [-0.3, -0.25) is 19.8 Å². The summed E-state index contributed by atoms with van der Waals surface area (Å²) in [5, 5.41) is 12.1. The zero-order chi connectivity index (χ0) is 16.3. The first-order valence-corrected chi connectivity index (χ1v) is 6.75. The number of hydrogen-bond donors (Lipinski definition) is 2. The van der Waals surface area contributed by atoms with Gasteiger partial charge in [0, 0.05) is 6.54 Å². The monoisotopic (exact) mass is 318 g/mol. The Morgan fingerprint density at radius 1 is 1.45 bits per heavy atom. The van der Waals surface area contributed by atoms with Crippen molar-refractivity contribution in [3.63, 3.8) is 0 Å². The zero-order valence-electron chi connectivity index (χ0n) is 11.8. The van der Waals surface area contributed by atoms with Crippen molar-refractivity contribution in [2.45, 2.75) is 0 Å². The number of carbonyl (C=O) groups is 2. The summed E-state index contributed by atoms with van der Waals surface area (Å²) >= 11 is 4.97. The van der Waals surface area contributed by atoms with Gasteiger partial charge in [0.15, 0.2) is 16.6 Å². The number of aromatic hydroxyl groups is 1. The highest BCUT2D eigenvalue weighted by atomic mass is 32.1. The summed E-state index contributed by atoms with van der Waals surface area (Å²) in [7, 11) is 1.41. The number of methoxy groups -OCH3 is 1. The molecule has 0 aliphatic carbocycles. The van der Waals surface area contributed by atoms with Gasteiger partial charge < -0.3 is 9.84 Å². The van der Waals surface area contributed by atoms with Crippen molar-refractivity contribution < 1.29 is 19.4 Å². The molecule has 0 spiro atoms. The minimum Gasteiger partial charge on any atom is -0.504 e. The molecule has 0 saturated carbocycles. The molecule has 2 N–H and O–H groups in total. The fourth-order valence-corrected chi connectivity index (χ4v) is 2.19. The van der Waals surface area contributed by atoms with Crippen molar-refractivity contribution in [1.82, 2.24) is 10.2 Å². The largest absolute Gasteiger partial charge is 0.504 e. The smallest absolute Gasteiger partial charge is 0.265 e. The van der Waals surface area contributed by atoms with E-state index in [-0.39, 0.29) is 28.7 Å². The van der Waals surface area contributed by atoms with Crippen LogP contribution in [0.2, 0.25) is 0 Å². The summed E-state index contributed by atoms with van der Waals surface area (Å²) in [4.78, 5) is 25.6. The molecule has 1 aromatic rings. The average molecular weight is 318 g/mol. The van der Waals surface area contributed by atoms with Crippen molar-refractivity contribution >= 4 is 35.2 Å². The van der Waals surface area contributed by atoms with Crippen LogP contribution in [0.4, 0.5) is 0 Å². The number of hydrogen-bond acceptors (Lipinski definition) is 5. The van der Waals surface area contributed by atoms with E-state index in [1.807, 2.05) is 0 Å². The van der Waals surface area contributed by atoms with Crippen LogP contribution in [0.5, 0.6) is 11.5 Å². The molecule has 1 aliphatic rings. The molecule has 0 bridgehead atoms. The number of phenolic OH excluding ortho intramolecular Hbond substituents is 1. The van der Waals surface area contributed by atoms with Gasteiger partial charge in [-0.2, -0.15) is 0 Å². The molecule has 1 heterocycles. The van der Waals surface area contributed by atoms with E-state index in [9.17, 15) is 14.7 Å². The molecule has 1 aromatic carbocycles. The van der Waals surface area contributed by atoms with E-state index in [0.717, 1.165) is 0 Å². The molecule has 22 heavy (non-hydrogen) atoms. The second kappa shape index (κ2) is 6.40. The predicted octanol–water partition coefficient (Wildman–Crippen LogP) is 1.21.